The van der Waals surface area contributed by atoms with Crippen LogP contribution in [0.4, 0.5) is 5.69 Å². The van der Waals surface area contributed by atoms with E-state index in [2.05, 4.69) is 26.2 Å². The van der Waals surface area contributed by atoms with Gasteiger partial charge >= 0.3 is 0 Å². The number of amidine groups is 1. The number of non-ortho nitro benzene ring substituents is 1. The highest BCUT2D eigenvalue weighted by Crippen LogP contribution is 2.23. The van der Waals surface area contributed by atoms with Crippen molar-refractivity contribution in [2.75, 3.05) is 0 Å². The third-order valence-corrected chi connectivity index (χ3v) is 3.40. The average Bonchev–Trinajstić information content (AvgIpc) is 2.52. The monoisotopic (exact) mass is 364 g/mol. The SMILES string of the molecule is N=C([N-][OH+][C-](O)c1ccccc1Br)c1ccc([N+](=O)[O-])cc1. The van der Waals surface area contributed by atoms with E-state index in [-0.39, 0.29) is 17.8 Å². The summed E-state index contributed by atoms with van der Waals surface area (Å²) in [6, 6.07) is 12.2. The first-order chi connectivity index (χ1) is 10.5. The molecule has 22 heavy (non-hydrogen) atoms. The van der Waals surface area contributed by atoms with Crippen LogP contribution in [-0.2, 0) is 0 Å². The Bertz CT molecular complexity index is 691. The average molecular weight is 365 g/mol. The predicted octanol–water partition coefficient (Wildman–Crippen LogP) is 3.89. The molecule has 7 nitrogen and oxygen atoms in total. The number of nitrogens with one attached hydrogen (secondary N) is 1. The quantitative estimate of drug-likeness (QED) is 0.209. The van der Waals surface area contributed by atoms with Gasteiger partial charge in [-0.1, -0.05) is 16.1 Å². The summed E-state index contributed by atoms with van der Waals surface area (Å²) in [6.07, 6.45) is -0.334. The molecular formula is C14H11BrN3O4-. The van der Waals surface area contributed by atoms with Crippen molar-refractivity contribution in [3.63, 3.8) is 0 Å². The summed E-state index contributed by atoms with van der Waals surface area (Å²) in [4.78, 5) is 13.6. The summed E-state index contributed by atoms with van der Waals surface area (Å²) in [5.41, 5.74) is 4.35. The zero-order valence-corrected chi connectivity index (χ0v) is 12.7. The van der Waals surface area contributed by atoms with E-state index in [1.54, 1.807) is 24.3 Å². The number of nitro benzene ring substituents is 1. The van der Waals surface area contributed by atoms with Gasteiger partial charge in [0, 0.05) is 18.0 Å². The van der Waals surface area contributed by atoms with E-state index in [1.807, 2.05) is 0 Å². The summed E-state index contributed by atoms with van der Waals surface area (Å²) in [7, 11) is 0. The minimum atomic E-state index is -0.526. The molecule has 0 aliphatic rings. The fraction of sp³-hybridized carbons (Fsp3) is 0. The smallest absolute Gasteiger partial charge is 0.269 e. The Hall–Kier alpha value is -2.42. The number of nitro groups is 1. The Kier molecular flexibility index (Phi) is 5.10. The van der Waals surface area contributed by atoms with Gasteiger partial charge in [0.05, 0.1) is 4.92 Å². The van der Waals surface area contributed by atoms with Crippen molar-refractivity contribution in [1.29, 1.82) is 5.41 Å². The molecule has 0 bridgehead atoms. The largest absolute Gasteiger partial charge is 0.476 e. The van der Waals surface area contributed by atoms with Crippen molar-refractivity contribution in [1.82, 2.24) is 0 Å². The molecule has 0 amide bonds. The zero-order valence-electron chi connectivity index (χ0n) is 11.1. The summed E-state index contributed by atoms with van der Waals surface area (Å²) >= 11 is 3.27. The van der Waals surface area contributed by atoms with Gasteiger partial charge in [-0.3, -0.25) is 10.1 Å². The van der Waals surface area contributed by atoms with Gasteiger partial charge in [0.2, 0.25) is 6.29 Å². The number of rotatable bonds is 5. The topological polar surface area (TPSA) is 114 Å². The van der Waals surface area contributed by atoms with Crippen LogP contribution in [0.15, 0.2) is 53.0 Å². The van der Waals surface area contributed by atoms with Crippen LogP contribution in [0.3, 0.4) is 0 Å². The molecular weight excluding hydrogens is 354 g/mol. The molecule has 3 N–H and O–H groups in total. The highest BCUT2D eigenvalue weighted by atomic mass is 79.9. The van der Waals surface area contributed by atoms with Crippen molar-refractivity contribution >= 4 is 27.5 Å². The summed E-state index contributed by atoms with van der Waals surface area (Å²) in [5, 5.41) is 28.2. The molecule has 0 aromatic heterocycles. The lowest BCUT2D eigenvalue weighted by Gasteiger charge is -2.19. The lowest BCUT2D eigenvalue weighted by molar-refractivity contribution is -0.384. The van der Waals surface area contributed by atoms with Crippen LogP contribution in [0, 0.1) is 21.8 Å². The molecule has 0 saturated heterocycles. The van der Waals surface area contributed by atoms with Gasteiger partial charge in [-0.25, -0.2) is 0 Å². The van der Waals surface area contributed by atoms with Crippen LogP contribution in [0.25, 0.3) is 5.48 Å². The van der Waals surface area contributed by atoms with E-state index in [0.717, 1.165) is 0 Å². The number of aliphatic hydroxyl groups is 2. The fourth-order valence-electron chi connectivity index (χ4n) is 1.59. The van der Waals surface area contributed by atoms with Crippen molar-refractivity contribution in [3.05, 3.63) is 86.0 Å². The summed E-state index contributed by atoms with van der Waals surface area (Å²) in [6.45, 7) is 0. The molecule has 8 heteroatoms. The number of hydrogen-bond donors (Lipinski definition) is 2. The Labute approximate surface area is 134 Å². The number of aliphatic hydroxyl groups excluding tert-OH is 1. The van der Waals surface area contributed by atoms with Crippen LogP contribution < -0.4 is 0 Å². The molecule has 0 fully saturated rings. The van der Waals surface area contributed by atoms with Gasteiger partial charge in [-0.2, -0.15) is 11.5 Å². The second-order valence-corrected chi connectivity index (χ2v) is 5.01. The molecule has 0 spiro atoms. The third-order valence-electron chi connectivity index (χ3n) is 2.71. The minimum absolute atomic E-state index is 0.0730. The molecule has 0 heterocycles. The van der Waals surface area contributed by atoms with Crippen LogP contribution in [0.5, 0.6) is 0 Å². The normalized spacial score (nSPS) is 10.1. The van der Waals surface area contributed by atoms with E-state index in [9.17, 15) is 15.2 Å². The van der Waals surface area contributed by atoms with E-state index < -0.39 is 4.92 Å². The van der Waals surface area contributed by atoms with Crippen molar-refractivity contribution < 1.29 is 14.9 Å². The molecule has 0 saturated carbocycles. The van der Waals surface area contributed by atoms with Crippen molar-refractivity contribution in [2.24, 2.45) is 0 Å². The second kappa shape index (κ2) is 7.03. The Morgan fingerprint density at radius 1 is 1.27 bits per heavy atom. The molecule has 114 valence electrons. The first kappa shape index (κ1) is 16.0. The Balaban J connectivity index is 1.98. The third kappa shape index (κ3) is 3.82. The standard InChI is InChI=1S/C14H11BrN3O4/c15-12-4-2-1-3-11(12)14(19)22-17-13(16)9-5-7-10(8-6-9)18(20)21/h1-8,19,22H,(H-,16,17)/q-1. The van der Waals surface area contributed by atoms with Gasteiger partial charge in [-0.15, -0.1) is 28.1 Å². The molecule has 2 aromatic rings. The number of benzene rings is 2. The lowest BCUT2D eigenvalue weighted by Crippen LogP contribution is -2.10. The van der Waals surface area contributed by atoms with E-state index in [0.29, 0.717) is 15.6 Å². The van der Waals surface area contributed by atoms with Crippen LogP contribution in [0.1, 0.15) is 11.1 Å². The molecule has 0 unspecified atom stereocenters. The lowest BCUT2D eigenvalue weighted by atomic mass is 10.2. The molecule has 2 aromatic carbocycles. The van der Waals surface area contributed by atoms with Crippen LogP contribution in [-0.4, -0.2) is 20.7 Å². The van der Waals surface area contributed by atoms with Crippen molar-refractivity contribution in [2.45, 2.75) is 0 Å². The Morgan fingerprint density at radius 2 is 1.91 bits per heavy atom. The second-order valence-electron chi connectivity index (χ2n) is 4.16. The predicted molar refractivity (Wildman–Crippen MR) is 83.5 cm³/mol. The van der Waals surface area contributed by atoms with Crippen LogP contribution in [0.2, 0.25) is 0 Å². The molecule has 0 atom stereocenters. The van der Waals surface area contributed by atoms with Crippen molar-refractivity contribution in [3.8, 4) is 0 Å². The number of hydrogen-bond acceptors (Lipinski definition) is 4. The maximum Gasteiger partial charge on any atom is 0.269 e. The summed E-state index contributed by atoms with van der Waals surface area (Å²) in [5.74, 6) is -0.214. The zero-order chi connectivity index (χ0) is 16.1. The Morgan fingerprint density at radius 3 is 2.50 bits per heavy atom. The van der Waals surface area contributed by atoms with Gasteiger partial charge < -0.3 is 15.4 Å². The highest BCUT2D eigenvalue weighted by molar-refractivity contribution is 9.10. The fourth-order valence-corrected chi connectivity index (χ4v) is 2.05. The molecule has 0 radical (unpaired) electrons. The van der Waals surface area contributed by atoms with Gasteiger partial charge in [0.1, 0.15) is 0 Å². The van der Waals surface area contributed by atoms with E-state index in [4.69, 9.17) is 5.41 Å². The summed E-state index contributed by atoms with van der Waals surface area (Å²) < 4.78 is 0.647. The van der Waals surface area contributed by atoms with E-state index in [1.165, 1.54) is 24.3 Å². The van der Waals surface area contributed by atoms with E-state index >= 15 is 0 Å². The van der Waals surface area contributed by atoms with Gasteiger partial charge in [0.25, 0.3) is 5.69 Å². The first-order valence-electron chi connectivity index (χ1n) is 6.05. The minimum Gasteiger partial charge on any atom is -0.476 e. The maximum atomic E-state index is 10.6. The highest BCUT2D eigenvalue weighted by Gasteiger charge is 2.09. The van der Waals surface area contributed by atoms with Gasteiger partial charge in [0.15, 0.2) is 0 Å². The maximum absolute atomic E-state index is 10.6. The number of nitrogens with zero attached hydrogens (tertiary/aromatic N) is 2. The van der Waals surface area contributed by atoms with Gasteiger partial charge in [-0.05, 0) is 17.7 Å². The molecule has 2 rings (SSSR count). The number of hydroxylamine groups is 1. The molecule has 0 aliphatic carbocycles. The van der Waals surface area contributed by atoms with Crippen LogP contribution >= 0.6 is 15.9 Å². The molecule has 0 aliphatic heterocycles. The first-order valence-corrected chi connectivity index (χ1v) is 6.84. The number of halogens is 1.